The summed E-state index contributed by atoms with van der Waals surface area (Å²) in [5.41, 5.74) is 1.91. The van der Waals surface area contributed by atoms with Crippen molar-refractivity contribution >= 4 is 5.97 Å². The van der Waals surface area contributed by atoms with Gasteiger partial charge in [-0.05, 0) is 31.2 Å². The molecule has 0 saturated carbocycles. The van der Waals surface area contributed by atoms with E-state index in [1.165, 1.54) is 29.2 Å². The highest BCUT2D eigenvalue weighted by molar-refractivity contribution is 5.88. The molecule has 0 saturated heterocycles. The third kappa shape index (κ3) is 3.47. The van der Waals surface area contributed by atoms with Gasteiger partial charge < -0.3 is 9.84 Å². The van der Waals surface area contributed by atoms with Crippen molar-refractivity contribution in [2.24, 2.45) is 0 Å². The number of pyridine rings is 1. The maximum absolute atomic E-state index is 12.7. The van der Waals surface area contributed by atoms with Gasteiger partial charge >= 0.3 is 12.6 Å². The van der Waals surface area contributed by atoms with Crippen LogP contribution in [0.5, 0.6) is 5.75 Å². The molecule has 3 rings (SSSR count). The molecule has 128 valence electrons. The Morgan fingerprint density at radius 2 is 2.12 bits per heavy atom. The Labute approximate surface area is 141 Å². The Hall–Kier alpha value is -3.29. The first-order valence-corrected chi connectivity index (χ1v) is 7.25. The third-order valence-electron chi connectivity index (χ3n) is 3.55. The summed E-state index contributed by atoms with van der Waals surface area (Å²) in [4.78, 5) is 15.1. The van der Waals surface area contributed by atoms with Gasteiger partial charge in [-0.1, -0.05) is 6.07 Å². The van der Waals surface area contributed by atoms with E-state index in [2.05, 4.69) is 14.8 Å². The Morgan fingerprint density at radius 3 is 2.72 bits per heavy atom. The second-order valence-corrected chi connectivity index (χ2v) is 5.18. The van der Waals surface area contributed by atoms with Gasteiger partial charge in [0, 0.05) is 29.7 Å². The molecule has 25 heavy (non-hydrogen) atoms. The lowest BCUT2D eigenvalue weighted by Crippen LogP contribution is -2.04. The second kappa shape index (κ2) is 6.68. The molecule has 0 spiro atoms. The predicted molar refractivity (Wildman–Crippen MR) is 85.1 cm³/mol. The average Bonchev–Trinajstić information content (AvgIpc) is 2.97. The minimum atomic E-state index is -2.97. The van der Waals surface area contributed by atoms with Crippen LogP contribution < -0.4 is 4.74 Å². The predicted octanol–water partition coefficient (Wildman–Crippen LogP) is 3.54. The van der Waals surface area contributed by atoms with Crippen LogP contribution in [0.25, 0.3) is 16.8 Å². The van der Waals surface area contributed by atoms with Gasteiger partial charge in [-0.2, -0.15) is 13.9 Å². The van der Waals surface area contributed by atoms with Crippen LogP contribution in [0.15, 0.2) is 48.9 Å². The summed E-state index contributed by atoms with van der Waals surface area (Å²) in [7, 11) is 0. The lowest BCUT2D eigenvalue weighted by molar-refractivity contribution is -0.0494. The van der Waals surface area contributed by atoms with E-state index in [0.717, 1.165) is 0 Å². The molecule has 1 aromatic carbocycles. The highest BCUT2D eigenvalue weighted by Crippen LogP contribution is 2.32. The molecule has 2 aromatic heterocycles. The molecule has 1 N–H and O–H groups in total. The van der Waals surface area contributed by atoms with Gasteiger partial charge in [0.05, 0.1) is 11.4 Å². The van der Waals surface area contributed by atoms with Crippen LogP contribution in [0.2, 0.25) is 0 Å². The molecule has 0 fully saturated rings. The van der Waals surface area contributed by atoms with Crippen LogP contribution in [-0.2, 0) is 0 Å². The highest BCUT2D eigenvalue weighted by atomic mass is 19.3. The first-order chi connectivity index (χ1) is 12.0. The van der Waals surface area contributed by atoms with Crippen LogP contribution in [-0.4, -0.2) is 32.5 Å². The normalized spacial score (nSPS) is 10.9. The number of aromatic nitrogens is 3. The number of ether oxygens (including phenoxy) is 1. The van der Waals surface area contributed by atoms with Gasteiger partial charge in [0.25, 0.3) is 0 Å². The van der Waals surface area contributed by atoms with E-state index in [4.69, 9.17) is 5.11 Å². The van der Waals surface area contributed by atoms with Crippen molar-refractivity contribution in [1.82, 2.24) is 14.8 Å². The van der Waals surface area contributed by atoms with E-state index in [1.54, 1.807) is 31.3 Å². The van der Waals surface area contributed by atoms with Gasteiger partial charge in [0.2, 0.25) is 0 Å². The molecular weight excluding hydrogens is 332 g/mol. The molecule has 0 amide bonds. The summed E-state index contributed by atoms with van der Waals surface area (Å²) in [6, 6.07) is 7.89. The summed E-state index contributed by atoms with van der Waals surface area (Å²) < 4.78 is 31.3. The SMILES string of the molecule is Cc1nn(-c2ccc(OC(F)F)c(-c3cccnc3)c2)cc1C(=O)O. The Kier molecular flexibility index (Phi) is 4.42. The number of alkyl halides is 2. The minimum Gasteiger partial charge on any atom is -0.478 e. The molecule has 0 bridgehead atoms. The third-order valence-corrected chi connectivity index (χ3v) is 3.55. The van der Waals surface area contributed by atoms with E-state index in [0.29, 0.717) is 22.5 Å². The molecule has 0 aliphatic carbocycles. The maximum atomic E-state index is 12.7. The van der Waals surface area contributed by atoms with Gasteiger partial charge in [-0.15, -0.1) is 0 Å². The van der Waals surface area contributed by atoms with Gasteiger partial charge in [0.1, 0.15) is 11.3 Å². The van der Waals surface area contributed by atoms with Crippen LogP contribution >= 0.6 is 0 Å². The molecule has 8 heteroatoms. The number of halogens is 2. The first kappa shape index (κ1) is 16.6. The number of carbonyl (C=O) groups is 1. The maximum Gasteiger partial charge on any atom is 0.387 e. The first-order valence-electron chi connectivity index (χ1n) is 7.25. The summed E-state index contributed by atoms with van der Waals surface area (Å²) >= 11 is 0. The number of carboxylic acid groups (broad SMARTS) is 1. The zero-order valence-corrected chi connectivity index (χ0v) is 13.1. The van der Waals surface area contributed by atoms with Crippen molar-refractivity contribution in [2.75, 3.05) is 0 Å². The fraction of sp³-hybridized carbons (Fsp3) is 0.118. The van der Waals surface area contributed by atoms with E-state index in [-0.39, 0.29) is 11.3 Å². The number of aromatic carboxylic acids is 1. The number of carboxylic acids is 1. The van der Waals surface area contributed by atoms with Crippen molar-refractivity contribution in [1.29, 1.82) is 0 Å². The number of rotatable bonds is 5. The summed E-state index contributed by atoms with van der Waals surface area (Å²) in [6.45, 7) is -1.39. The Morgan fingerprint density at radius 1 is 1.32 bits per heavy atom. The summed E-state index contributed by atoms with van der Waals surface area (Å²) in [6.07, 6.45) is 4.46. The van der Waals surface area contributed by atoms with Crippen molar-refractivity contribution in [2.45, 2.75) is 13.5 Å². The quantitative estimate of drug-likeness (QED) is 0.765. The average molecular weight is 345 g/mol. The van der Waals surface area contributed by atoms with Crippen molar-refractivity contribution in [3.05, 3.63) is 60.2 Å². The molecule has 2 heterocycles. The Balaban J connectivity index is 2.11. The van der Waals surface area contributed by atoms with E-state index in [1.807, 2.05) is 0 Å². The fourth-order valence-corrected chi connectivity index (χ4v) is 2.41. The summed E-state index contributed by atoms with van der Waals surface area (Å²) in [5.74, 6) is -1.09. The van der Waals surface area contributed by atoms with Crippen LogP contribution in [0.4, 0.5) is 8.78 Å². The molecule has 0 atom stereocenters. The molecule has 6 nitrogen and oxygen atoms in total. The van der Waals surface area contributed by atoms with Gasteiger partial charge in [-0.3, -0.25) is 4.98 Å². The lowest BCUT2D eigenvalue weighted by atomic mass is 10.1. The van der Waals surface area contributed by atoms with Crippen molar-refractivity contribution < 1.29 is 23.4 Å². The van der Waals surface area contributed by atoms with Crippen LogP contribution in [0.3, 0.4) is 0 Å². The van der Waals surface area contributed by atoms with Crippen LogP contribution in [0, 0.1) is 6.92 Å². The van der Waals surface area contributed by atoms with E-state index >= 15 is 0 Å². The van der Waals surface area contributed by atoms with E-state index < -0.39 is 12.6 Å². The Bertz CT molecular complexity index is 911. The van der Waals surface area contributed by atoms with Gasteiger partial charge in [-0.25, -0.2) is 9.48 Å². The molecular formula is C17H13F2N3O3. The standard InChI is InChI=1S/C17H13F2N3O3/c1-10-14(16(23)24)9-22(21-10)12-4-5-15(25-17(18)19)13(7-12)11-3-2-6-20-8-11/h2-9,17H,1H3,(H,23,24). The number of nitrogens with zero attached hydrogens (tertiary/aromatic N) is 3. The van der Waals surface area contributed by atoms with Crippen molar-refractivity contribution in [3.63, 3.8) is 0 Å². The number of benzene rings is 1. The molecule has 0 unspecified atom stereocenters. The highest BCUT2D eigenvalue weighted by Gasteiger charge is 2.16. The number of aryl methyl sites for hydroxylation is 1. The number of hydrogen-bond acceptors (Lipinski definition) is 4. The molecule has 0 radical (unpaired) electrons. The largest absolute Gasteiger partial charge is 0.478 e. The lowest BCUT2D eigenvalue weighted by Gasteiger charge is -2.12. The molecule has 0 aliphatic rings. The molecule has 0 aliphatic heterocycles. The minimum absolute atomic E-state index is 0.00548. The zero-order chi connectivity index (χ0) is 18.0. The monoisotopic (exact) mass is 345 g/mol. The summed E-state index contributed by atoms with van der Waals surface area (Å²) in [5, 5.41) is 13.3. The van der Waals surface area contributed by atoms with Crippen molar-refractivity contribution in [3.8, 4) is 22.6 Å². The zero-order valence-electron chi connectivity index (χ0n) is 13.1. The smallest absolute Gasteiger partial charge is 0.387 e. The second-order valence-electron chi connectivity index (χ2n) is 5.18. The van der Waals surface area contributed by atoms with Gasteiger partial charge in [0.15, 0.2) is 0 Å². The number of hydrogen-bond donors (Lipinski definition) is 1. The topological polar surface area (TPSA) is 77.2 Å². The van der Waals surface area contributed by atoms with Crippen LogP contribution in [0.1, 0.15) is 16.1 Å². The fourth-order valence-electron chi connectivity index (χ4n) is 2.41. The molecule has 3 aromatic rings. The van der Waals surface area contributed by atoms with E-state index in [9.17, 15) is 13.6 Å².